The Morgan fingerprint density at radius 2 is 1.93 bits per heavy atom. The molecule has 0 aliphatic heterocycles. The molecule has 0 aliphatic rings. The van der Waals surface area contributed by atoms with E-state index in [1.54, 1.807) is 0 Å². The molecule has 1 rings (SSSR count). The van der Waals surface area contributed by atoms with Gasteiger partial charge in [0.15, 0.2) is 0 Å². The first-order valence-corrected chi connectivity index (χ1v) is 3.96. The zero-order chi connectivity index (χ0) is 11.4. The Hall–Kier alpha value is -1.85. The highest BCUT2D eigenvalue weighted by molar-refractivity contribution is 5.72. The molecular formula is C9H7F2NO3. The molecule has 0 bridgehead atoms. The van der Waals surface area contributed by atoms with Crippen LogP contribution in [0.5, 0.6) is 0 Å². The molecule has 0 spiro atoms. The number of halogens is 2. The Balaban J connectivity index is 3.08. The lowest BCUT2D eigenvalue weighted by Crippen LogP contribution is -2.08. The Morgan fingerprint density at radius 1 is 1.40 bits per heavy atom. The number of carbonyl (C=O) groups excluding carboxylic acids is 1. The molecule has 1 aromatic carbocycles. The lowest BCUT2D eigenvalue weighted by Gasteiger charge is -2.03. The van der Waals surface area contributed by atoms with Crippen molar-refractivity contribution in [3.05, 3.63) is 34.2 Å². The average Bonchev–Trinajstić information content (AvgIpc) is 2.22. The van der Waals surface area contributed by atoms with Crippen molar-refractivity contribution in [3.8, 4) is 0 Å². The fourth-order valence-corrected chi connectivity index (χ4v) is 1.03. The van der Waals surface area contributed by atoms with Gasteiger partial charge in [-0.15, -0.1) is 4.91 Å². The minimum absolute atomic E-state index is 0.362. The number of hydrogen-bond acceptors (Lipinski definition) is 4. The largest absolute Gasteiger partial charge is 0.469 e. The summed E-state index contributed by atoms with van der Waals surface area (Å²) in [6.45, 7) is 0. The van der Waals surface area contributed by atoms with Crippen LogP contribution < -0.4 is 0 Å². The van der Waals surface area contributed by atoms with Gasteiger partial charge in [-0.3, -0.25) is 4.79 Å². The number of methoxy groups -OCH3 is 1. The second kappa shape index (κ2) is 4.59. The van der Waals surface area contributed by atoms with Crippen LogP contribution in [-0.4, -0.2) is 13.1 Å². The molecule has 0 N–H and O–H groups in total. The van der Waals surface area contributed by atoms with Crippen molar-refractivity contribution in [2.75, 3.05) is 7.11 Å². The number of benzene rings is 1. The predicted molar refractivity (Wildman–Crippen MR) is 47.5 cm³/mol. The van der Waals surface area contributed by atoms with Crippen molar-refractivity contribution in [2.24, 2.45) is 5.18 Å². The van der Waals surface area contributed by atoms with E-state index in [1.807, 2.05) is 0 Å². The highest BCUT2D eigenvalue weighted by Crippen LogP contribution is 2.21. The molecule has 6 heteroatoms. The normalized spacial score (nSPS) is 9.80. The summed E-state index contributed by atoms with van der Waals surface area (Å²) in [7, 11) is 1.11. The maximum atomic E-state index is 13.1. The van der Waals surface area contributed by atoms with Gasteiger partial charge in [0.2, 0.25) is 0 Å². The lowest BCUT2D eigenvalue weighted by atomic mass is 10.1. The third-order valence-corrected chi connectivity index (χ3v) is 1.78. The number of nitrogens with zero attached hydrogens (tertiary/aromatic N) is 1. The van der Waals surface area contributed by atoms with E-state index >= 15 is 0 Å². The maximum absolute atomic E-state index is 13.1. The molecule has 0 radical (unpaired) electrons. The highest BCUT2D eigenvalue weighted by atomic mass is 19.1. The van der Waals surface area contributed by atoms with E-state index in [0.717, 1.165) is 19.2 Å². The summed E-state index contributed by atoms with van der Waals surface area (Å²) in [5.41, 5.74) is -0.798. The summed E-state index contributed by atoms with van der Waals surface area (Å²) < 4.78 is 30.6. The number of carbonyl (C=O) groups is 1. The molecule has 0 aromatic heterocycles. The number of ether oxygens (including phenoxy) is 1. The minimum Gasteiger partial charge on any atom is -0.469 e. The number of rotatable bonds is 3. The van der Waals surface area contributed by atoms with Crippen molar-refractivity contribution in [1.29, 1.82) is 0 Å². The summed E-state index contributed by atoms with van der Waals surface area (Å²) in [4.78, 5) is 20.8. The molecule has 4 nitrogen and oxygen atoms in total. The minimum atomic E-state index is -0.991. The van der Waals surface area contributed by atoms with E-state index in [9.17, 15) is 18.5 Å². The van der Waals surface area contributed by atoms with Crippen molar-refractivity contribution in [3.63, 3.8) is 0 Å². The first kappa shape index (κ1) is 11.2. The Labute approximate surface area is 83.8 Å². The van der Waals surface area contributed by atoms with Crippen LogP contribution in [-0.2, 0) is 16.0 Å². The van der Waals surface area contributed by atoms with Crippen LogP contribution in [0.25, 0.3) is 0 Å². The molecule has 0 saturated carbocycles. The third kappa shape index (κ3) is 2.55. The monoisotopic (exact) mass is 215 g/mol. The lowest BCUT2D eigenvalue weighted by molar-refractivity contribution is -0.139. The van der Waals surface area contributed by atoms with Gasteiger partial charge in [0.25, 0.3) is 0 Å². The van der Waals surface area contributed by atoms with Crippen molar-refractivity contribution >= 4 is 11.7 Å². The summed E-state index contributed by atoms with van der Waals surface area (Å²) in [6.07, 6.45) is -0.521. The van der Waals surface area contributed by atoms with Crippen LogP contribution in [0.1, 0.15) is 5.56 Å². The molecule has 1 aromatic rings. The van der Waals surface area contributed by atoms with Crippen LogP contribution in [0.3, 0.4) is 0 Å². The van der Waals surface area contributed by atoms with Gasteiger partial charge in [-0.1, -0.05) is 0 Å². The molecule has 0 heterocycles. The van der Waals surface area contributed by atoms with Crippen molar-refractivity contribution < 1.29 is 18.3 Å². The molecule has 0 unspecified atom stereocenters. The molecule has 0 atom stereocenters. The van der Waals surface area contributed by atoms with E-state index < -0.39 is 29.6 Å². The van der Waals surface area contributed by atoms with Gasteiger partial charge >= 0.3 is 5.97 Å². The smallest absolute Gasteiger partial charge is 0.310 e. The summed E-state index contributed by atoms with van der Waals surface area (Å²) in [5, 5.41) is 2.39. The maximum Gasteiger partial charge on any atom is 0.310 e. The van der Waals surface area contributed by atoms with Crippen molar-refractivity contribution in [1.82, 2.24) is 0 Å². The SMILES string of the molecule is COC(=O)Cc1c(F)cc(N=O)cc1F. The van der Waals surface area contributed by atoms with Gasteiger partial charge in [0.05, 0.1) is 13.5 Å². The van der Waals surface area contributed by atoms with Gasteiger partial charge in [0.1, 0.15) is 17.3 Å². The molecule has 15 heavy (non-hydrogen) atoms. The standard InChI is InChI=1S/C9H7F2NO3/c1-15-9(13)4-6-7(10)2-5(12-14)3-8(6)11/h2-3H,4H2,1H3. The van der Waals surface area contributed by atoms with Crippen LogP contribution in [0.4, 0.5) is 14.5 Å². The Bertz CT molecular complexity index is 383. The summed E-state index contributed by atoms with van der Waals surface area (Å²) in [5.74, 6) is -2.75. The second-order valence-corrected chi connectivity index (χ2v) is 2.73. The van der Waals surface area contributed by atoms with Gasteiger partial charge in [-0.05, 0) is 5.18 Å². The molecule has 80 valence electrons. The van der Waals surface area contributed by atoms with E-state index in [2.05, 4.69) is 9.91 Å². The quantitative estimate of drug-likeness (QED) is 0.572. The van der Waals surface area contributed by atoms with E-state index in [-0.39, 0.29) is 5.69 Å². The highest BCUT2D eigenvalue weighted by Gasteiger charge is 2.15. The topological polar surface area (TPSA) is 55.7 Å². The van der Waals surface area contributed by atoms with Crippen LogP contribution in [0.2, 0.25) is 0 Å². The molecule has 0 fully saturated rings. The molecule has 0 amide bonds. The number of esters is 1. The first-order chi connectivity index (χ1) is 7.08. The fraction of sp³-hybridized carbons (Fsp3) is 0.222. The van der Waals surface area contributed by atoms with Gasteiger partial charge in [-0.25, -0.2) is 8.78 Å². The fourth-order valence-electron chi connectivity index (χ4n) is 1.03. The molecule has 0 aliphatic carbocycles. The van der Waals surface area contributed by atoms with Gasteiger partial charge in [-0.2, -0.15) is 0 Å². The van der Waals surface area contributed by atoms with Gasteiger partial charge < -0.3 is 4.74 Å². The third-order valence-electron chi connectivity index (χ3n) is 1.78. The second-order valence-electron chi connectivity index (χ2n) is 2.73. The number of nitroso groups, excluding NO2 is 1. The van der Waals surface area contributed by atoms with Crippen LogP contribution in [0, 0.1) is 16.5 Å². The predicted octanol–water partition coefficient (Wildman–Crippen LogP) is 2.08. The zero-order valence-corrected chi connectivity index (χ0v) is 7.79. The molecule has 0 saturated heterocycles. The molecular weight excluding hydrogens is 208 g/mol. The Morgan fingerprint density at radius 3 is 2.33 bits per heavy atom. The van der Waals surface area contributed by atoms with E-state index in [1.165, 1.54) is 0 Å². The Kier molecular flexibility index (Phi) is 3.43. The summed E-state index contributed by atoms with van der Waals surface area (Å²) >= 11 is 0. The van der Waals surface area contributed by atoms with Crippen LogP contribution in [0.15, 0.2) is 17.3 Å². The van der Waals surface area contributed by atoms with Crippen LogP contribution >= 0.6 is 0 Å². The number of hydrogen-bond donors (Lipinski definition) is 0. The van der Waals surface area contributed by atoms with E-state index in [4.69, 9.17) is 0 Å². The van der Waals surface area contributed by atoms with Gasteiger partial charge in [0, 0.05) is 17.7 Å². The first-order valence-electron chi connectivity index (χ1n) is 3.96. The average molecular weight is 215 g/mol. The van der Waals surface area contributed by atoms with E-state index in [0.29, 0.717) is 0 Å². The van der Waals surface area contributed by atoms with Crippen molar-refractivity contribution in [2.45, 2.75) is 6.42 Å². The zero-order valence-electron chi connectivity index (χ0n) is 7.79. The summed E-state index contributed by atoms with van der Waals surface area (Å²) in [6, 6.07) is 1.52.